The lowest BCUT2D eigenvalue weighted by molar-refractivity contribution is -0.144. The van der Waals surface area contributed by atoms with Crippen molar-refractivity contribution in [2.75, 3.05) is 6.61 Å². The van der Waals surface area contributed by atoms with Gasteiger partial charge in [-0.25, -0.2) is 12.8 Å². The number of halogens is 2. The van der Waals surface area contributed by atoms with Gasteiger partial charge in [0, 0.05) is 0 Å². The summed E-state index contributed by atoms with van der Waals surface area (Å²) in [4.78, 5) is 11.0. The highest BCUT2D eigenvalue weighted by Gasteiger charge is 2.24. The number of carbonyl (C=O) groups excluding carboxylic acids is 1. The van der Waals surface area contributed by atoms with E-state index < -0.39 is 27.9 Å². The van der Waals surface area contributed by atoms with Crippen LogP contribution in [0.4, 0.5) is 4.39 Å². The Morgan fingerprint density at radius 1 is 1.53 bits per heavy atom. The predicted molar refractivity (Wildman–Crippen MR) is 67.8 cm³/mol. The summed E-state index contributed by atoms with van der Waals surface area (Å²) in [5.41, 5.74) is 0. The Bertz CT molecular complexity index is 576. The van der Waals surface area contributed by atoms with Crippen molar-refractivity contribution >= 4 is 27.6 Å². The van der Waals surface area contributed by atoms with Crippen LogP contribution in [-0.4, -0.2) is 27.0 Å². The molecule has 1 rings (SSSR count). The minimum Gasteiger partial charge on any atom is -0.465 e. The van der Waals surface area contributed by atoms with Gasteiger partial charge in [-0.15, -0.1) is 0 Å². The van der Waals surface area contributed by atoms with Crippen molar-refractivity contribution in [1.29, 1.82) is 0 Å². The molecule has 0 aliphatic rings. The normalized spacial score (nSPS) is 13.1. The molecule has 0 aliphatic carbocycles. The van der Waals surface area contributed by atoms with E-state index >= 15 is 0 Å². The first-order valence-corrected chi connectivity index (χ1v) is 7.28. The van der Waals surface area contributed by atoms with Crippen molar-refractivity contribution in [2.45, 2.75) is 24.8 Å². The summed E-state index contributed by atoms with van der Waals surface area (Å²) in [7, 11) is -4.02. The number of esters is 1. The number of benzene rings is 1. The topological polar surface area (TPSA) is 72.5 Å². The van der Waals surface area contributed by atoms with Crippen LogP contribution in [0.3, 0.4) is 0 Å². The van der Waals surface area contributed by atoms with Crippen LogP contribution < -0.4 is 4.72 Å². The van der Waals surface area contributed by atoms with Crippen LogP contribution in [0.15, 0.2) is 23.1 Å². The second kappa shape index (κ2) is 6.31. The van der Waals surface area contributed by atoms with Gasteiger partial charge < -0.3 is 4.74 Å². The van der Waals surface area contributed by atoms with E-state index in [9.17, 15) is 17.6 Å². The Labute approximate surface area is 115 Å². The molecule has 0 saturated heterocycles. The zero-order valence-electron chi connectivity index (χ0n) is 10.3. The van der Waals surface area contributed by atoms with Crippen LogP contribution in [0.25, 0.3) is 0 Å². The quantitative estimate of drug-likeness (QED) is 0.840. The molecule has 0 spiro atoms. The summed E-state index contributed by atoms with van der Waals surface area (Å²) in [6, 6.07) is 1.81. The number of sulfonamides is 1. The molecule has 0 bridgehead atoms. The van der Waals surface area contributed by atoms with E-state index in [1.807, 2.05) is 0 Å². The van der Waals surface area contributed by atoms with Gasteiger partial charge in [-0.05, 0) is 32.0 Å². The molecule has 0 fully saturated rings. The van der Waals surface area contributed by atoms with Gasteiger partial charge in [0.25, 0.3) is 0 Å². The second-order valence-electron chi connectivity index (χ2n) is 3.67. The highest BCUT2D eigenvalue weighted by atomic mass is 35.5. The zero-order chi connectivity index (χ0) is 14.6. The van der Waals surface area contributed by atoms with Gasteiger partial charge in [0.2, 0.25) is 10.0 Å². The van der Waals surface area contributed by atoms with Crippen molar-refractivity contribution in [3.8, 4) is 0 Å². The largest absolute Gasteiger partial charge is 0.465 e. The van der Waals surface area contributed by atoms with Gasteiger partial charge >= 0.3 is 5.97 Å². The maximum Gasteiger partial charge on any atom is 0.323 e. The highest BCUT2D eigenvalue weighted by Crippen LogP contribution is 2.22. The molecule has 0 aliphatic heterocycles. The number of ether oxygens (including phenoxy) is 1. The fourth-order valence-electron chi connectivity index (χ4n) is 1.30. The SMILES string of the molecule is CCOC(=O)C(C)NS(=O)(=O)c1ccc(F)cc1Cl. The van der Waals surface area contributed by atoms with Crippen LogP contribution in [0.1, 0.15) is 13.8 Å². The first-order valence-electron chi connectivity index (χ1n) is 5.42. The molecule has 0 aromatic heterocycles. The summed E-state index contributed by atoms with van der Waals surface area (Å²) in [6.07, 6.45) is 0. The third kappa shape index (κ3) is 4.15. The molecule has 1 unspecified atom stereocenters. The standard InChI is InChI=1S/C11H13ClFNO4S/c1-3-18-11(15)7(2)14-19(16,17)10-5-4-8(13)6-9(10)12/h4-7,14H,3H2,1-2H3. The molecule has 8 heteroatoms. The van der Waals surface area contributed by atoms with E-state index in [-0.39, 0.29) is 16.5 Å². The van der Waals surface area contributed by atoms with Crippen LogP contribution in [0, 0.1) is 5.82 Å². The molecular weight excluding hydrogens is 297 g/mol. The van der Waals surface area contributed by atoms with Crippen molar-refractivity contribution in [3.05, 3.63) is 29.0 Å². The van der Waals surface area contributed by atoms with Crippen molar-refractivity contribution in [1.82, 2.24) is 4.72 Å². The molecule has 1 N–H and O–H groups in total. The molecule has 19 heavy (non-hydrogen) atoms. The van der Waals surface area contributed by atoms with Gasteiger partial charge in [-0.3, -0.25) is 4.79 Å². The third-order valence-electron chi connectivity index (χ3n) is 2.16. The lowest BCUT2D eigenvalue weighted by Gasteiger charge is -2.13. The number of nitrogens with one attached hydrogen (secondary N) is 1. The maximum atomic E-state index is 12.9. The summed E-state index contributed by atoms with van der Waals surface area (Å²) < 4.78 is 43.6. The summed E-state index contributed by atoms with van der Waals surface area (Å²) in [5, 5.41) is -0.261. The van der Waals surface area contributed by atoms with Crippen LogP contribution in [0.2, 0.25) is 5.02 Å². The Hall–Kier alpha value is -1.18. The highest BCUT2D eigenvalue weighted by molar-refractivity contribution is 7.89. The number of rotatable bonds is 5. The Balaban J connectivity index is 2.95. The third-order valence-corrected chi connectivity index (χ3v) is 4.18. The average molecular weight is 310 g/mol. The fourth-order valence-corrected chi connectivity index (χ4v) is 3.03. The van der Waals surface area contributed by atoms with Gasteiger partial charge in [0.1, 0.15) is 16.8 Å². The van der Waals surface area contributed by atoms with Crippen molar-refractivity contribution in [2.24, 2.45) is 0 Å². The van der Waals surface area contributed by atoms with Crippen LogP contribution in [-0.2, 0) is 19.6 Å². The van der Waals surface area contributed by atoms with E-state index in [1.54, 1.807) is 6.92 Å². The maximum absolute atomic E-state index is 12.9. The molecule has 5 nitrogen and oxygen atoms in total. The lowest BCUT2D eigenvalue weighted by atomic mass is 10.3. The van der Waals surface area contributed by atoms with Crippen molar-refractivity contribution < 1.29 is 22.3 Å². The lowest BCUT2D eigenvalue weighted by Crippen LogP contribution is -2.39. The van der Waals surface area contributed by atoms with Gasteiger partial charge in [-0.2, -0.15) is 4.72 Å². The van der Waals surface area contributed by atoms with Gasteiger partial charge in [0.15, 0.2) is 0 Å². The van der Waals surface area contributed by atoms with E-state index in [0.29, 0.717) is 0 Å². The first-order chi connectivity index (χ1) is 8.77. The Kier molecular flexibility index (Phi) is 5.28. The fraction of sp³-hybridized carbons (Fsp3) is 0.364. The molecular formula is C11H13ClFNO4S. The Morgan fingerprint density at radius 2 is 2.16 bits per heavy atom. The minimum absolute atomic E-state index is 0.141. The van der Waals surface area contributed by atoms with Crippen LogP contribution >= 0.6 is 11.6 Å². The molecule has 0 saturated carbocycles. The average Bonchev–Trinajstić information content (AvgIpc) is 2.27. The van der Waals surface area contributed by atoms with E-state index in [4.69, 9.17) is 11.6 Å². The monoisotopic (exact) mass is 309 g/mol. The van der Waals surface area contributed by atoms with E-state index in [1.165, 1.54) is 6.92 Å². The van der Waals surface area contributed by atoms with E-state index in [0.717, 1.165) is 18.2 Å². The first kappa shape index (κ1) is 15.9. The van der Waals surface area contributed by atoms with Crippen molar-refractivity contribution in [3.63, 3.8) is 0 Å². The molecule has 106 valence electrons. The predicted octanol–water partition coefficient (Wildman–Crippen LogP) is 1.71. The summed E-state index contributed by atoms with van der Waals surface area (Å²) in [6.45, 7) is 3.09. The minimum atomic E-state index is -4.02. The zero-order valence-corrected chi connectivity index (χ0v) is 11.9. The number of hydrogen-bond acceptors (Lipinski definition) is 4. The number of hydrogen-bond donors (Lipinski definition) is 1. The molecule has 0 radical (unpaired) electrons. The van der Waals surface area contributed by atoms with Gasteiger partial charge in [-0.1, -0.05) is 11.6 Å². The molecule has 1 atom stereocenters. The van der Waals surface area contributed by atoms with Crippen LogP contribution in [0.5, 0.6) is 0 Å². The molecule has 1 aromatic carbocycles. The van der Waals surface area contributed by atoms with Gasteiger partial charge in [0.05, 0.1) is 11.6 Å². The molecule has 0 amide bonds. The second-order valence-corrected chi connectivity index (χ2v) is 5.76. The molecule has 0 heterocycles. The summed E-state index contributed by atoms with van der Waals surface area (Å²) >= 11 is 5.66. The Morgan fingerprint density at radius 3 is 2.68 bits per heavy atom. The molecule has 1 aromatic rings. The van der Waals surface area contributed by atoms with E-state index in [2.05, 4.69) is 9.46 Å². The summed E-state index contributed by atoms with van der Waals surface area (Å²) in [5.74, 6) is -1.35. The number of carbonyl (C=O) groups is 1. The smallest absolute Gasteiger partial charge is 0.323 e.